The fourth-order valence-electron chi connectivity index (χ4n) is 1.85. The van der Waals surface area contributed by atoms with Crippen molar-refractivity contribution in [2.75, 3.05) is 14.2 Å². The predicted molar refractivity (Wildman–Crippen MR) is 80.2 cm³/mol. The molecule has 0 aromatic heterocycles. The molecule has 1 rings (SSSR count). The minimum atomic E-state index is -5.32. The van der Waals surface area contributed by atoms with Gasteiger partial charge in [-0.1, -0.05) is 0 Å². The van der Waals surface area contributed by atoms with Crippen LogP contribution in [0.5, 0.6) is 11.5 Å². The molecule has 0 bridgehead atoms. The van der Waals surface area contributed by atoms with E-state index in [1.807, 2.05) is 0 Å². The third-order valence-corrected chi connectivity index (χ3v) is 13.1. The van der Waals surface area contributed by atoms with E-state index in [1.165, 1.54) is 20.3 Å². The van der Waals surface area contributed by atoms with Gasteiger partial charge in [0.2, 0.25) is 0 Å². The number of methoxy groups -OCH3 is 2. The molecule has 1 aromatic rings. The standard InChI is InChI=1S/C8H9O2.3C2H4O2.Pb/c1-9-7-3-5-8(10-2)6-4-7;3*1-2(3)4;/h3-5H,1-2H3;3*1H3,(H,3,4);/q;;;;+3/p-3. The average Bonchev–Trinajstić information content (AvgIpc) is 2.44. The number of hydrogen-bond donors (Lipinski definition) is 0. The fourth-order valence-corrected chi connectivity index (χ4v) is 11.2. The van der Waals surface area contributed by atoms with Crippen molar-refractivity contribution in [1.29, 1.82) is 0 Å². The summed E-state index contributed by atoms with van der Waals surface area (Å²) in [5, 5.41) is 0. The number of hydrogen-bond acceptors (Lipinski definition) is 8. The Morgan fingerprint density at radius 1 is 0.826 bits per heavy atom. The topological polar surface area (TPSA) is 97.4 Å². The summed E-state index contributed by atoms with van der Waals surface area (Å²) in [5.41, 5.74) is 0. The SMILES string of the molecule is COc1ccc(OC)[c]([Pb]([O]C(C)=O)([O]C(C)=O)[O]C(C)=O)c1. The van der Waals surface area contributed by atoms with E-state index in [-0.39, 0.29) is 8.87 Å². The van der Waals surface area contributed by atoms with E-state index in [2.05, 4.69) is 0 Å². The second kappa shape index (κ2) is 8.13. The summed E-state index contributed by atoms with van der Waals surface area (Å²) in [6, 6.07) is 4.62. The molecule has 9 heteroatoms. The monoisotopic (exact) mass is 522 g/mol. The molecule has 8 nitrogen and oxygen atoms in total. The molecule has 0 heterocycles. The second-order valence-electron chi connectivity index (χ2n) is 4.40. The maximum atomic E-state index is 11.5. The Labute approximate surface area is 140 Å². The molecule has 0 N–H and O–H groups in total. The van der Waals surface area contributed by atoms with Crippen LogP contribution in [-0.4, -0.2) is 54.7 Å². The Balaban J connectivity index is 3.61. The molecule has 0 unspecified atom stereocenters. The molecular formula is C14H18O8Pb. The van der Waals surface area contributed by atoms with Crippen LogP contribution in [0.3, 0.4) is 0 Å². The summed E-state index contributed by atoms with van der Waals surface area (Å²) < 4.78 is 26.3. The molecule has 1 aromatic carbocycles. The van der Waals surface area contributed by atoms with Crippen LogP contribution in [-0.2, 0) is 22.4 Å². The molecule has 0 atom stereocenters. The molecule has 0 radical (unpaired) electrons. The van der Waals surface area contributed by atoms with E-state index in [9.17, 15) is 14.4 Å². The van der Waals surface area contributed by atoms with Gasteiger partial charge in [0.15, 0.2) is 0 Å². The van der Waals surface area contributed by atoms with Crippen molar-refractivity contribution < 1.29 is 31.9 Å². The molecule has 0 aliphatic heterocycles. The third kappa shape index (κ3) is 5.08. The maximum absolute atomic E-state index is 11.5. The van der Waals surface area contributed by atoms with E-state index in [0.29, 0.717) is 5.75 Å². The van der Waals surface area contributed by atoms with Gasteiger partial charge < -0.3 is 0 Å². The summed E-state index contributed by atoms with van der Waals surface area (Å²) in [5.74, 6) is -1.55. The molecule has 23 heavy (non-hydrogen) atoms. The van der Waals surface area contributed by atoms with Crippen molar-refractivity contribution >= 4 is 43.6 Å². The van der Waals surface area contributed by atoms with Crippen molar-refractivity contribution in [2.24, 2.45) is 0 Å². The van der Waals surface area contributed by atoms with E-state index >= 15 is 0 Å². The van der Waals surface area contributed by atoms with Gasteiger partial charge in [-0.3, -0.25) is 0 Å². The van der Waals surface area contributed by atoms with Gasteiger partial charge in [-0.05, 0) is 0 Å². The Morgan fingerprint density at radius 2 is 1.30 bits per heavy atom. The van der Waals surface area contributed by atoms with Gasteiger partial charge >= 0.3 is 140 Å². The van der Waals surface area contributed by atoms with E-state index in [1.54, 1.807) is 12.1 Å². The Kier molecular flexibility index (Phi) is 6.79. The van der Waals surface area contributed by atoms with Gasteiger partial charge in [-0.15, -0.1) is 0 Å². The van der Waals surface area contributed by atoms with E-state index in [0.717, 1.165) is 20.8 Å². The van der Waals surface area contributed by atoms with Crippen LogP contribution < -0.4 is 12.6 Å². The first-order chi connectivity index (χ1) is 10.7. The van der Waals surface area contributed by atoms with E-state index in [4.69, 9.17) is 17.5 Å². The number of benzene rings is 1. The summed E-state index contributed by atoms with van der Waals surface area (Å²) in [6.45, 7) is 3.40. The number of rotatable bonds is 6. The van der Waals surface area contributed by atoms with Gasteiger partial charge in [0.05, 0.1) is 0 Å². The molecule has 0 fully saturated rings. The van der Waals surface area contributed by atoms with Crippen molar-refractivity contribution in [2.45, 2.75) is 20.8 Å². The molecular weight excluding hydrogens is 503 g/mol. The van der Waals surface area contributed by atoms with Crippen molar-refractivity contribution in [3.05, 3.63) is 18.2 Å². The fraction of sp³-hybridized carbons (Fsp3) is 0.357. The quantitative estimate of drug-likeness (QED) is 0.501. The van der Waals surface area contributed by atoms with Crippen LogP contribution in [0, 0.1) is 0 Å². The summed E-state index contributed by atoms with van der Waals surface area (Å²) in [7, 11) is 2.83. The van der Waals surface area contributed by atoms with Crippen LogP contribution in [0.1, 0.15) is 20.8 Å². The first-order valence-electron chi connectivity index (χ1n) is 6.55. The second-order valence-corrected chi connectivity index (χ2v) is 13.2. The van der Waals surface area contributed by atoms with Crippen molar-refractivity contribution in [3.8, 4) is 11.5 Å². The van der Waals surface area contributed by atoms with Gasteiger partial charge in [0.1, 0.15) is 0 Å². The van der Waals surface area contributed by atoms with Crippen LogP contribution in [0.15, 0.2) is 18.2 Å². The molecule has 126 valence electrons. The van der Waals surface area contributed by atoms with Crippen LogP contribution in [0.4, 0.5) is 0 Å². The zero-order chi connectivity index (χ0) is 17.6. The van der Waals surface area contributed by atoms with Crippen molar-refractivity contribution in [3.63, 3.8) is 0 Å². The summed E-state index contributed by atoms with van der Waals surface area (Å²) in [6.07, 6.45) is 0. The number of carbonyl (C=O) groups is 3. The summed E-state index contributed by atoms with van der Waals surface area (Å²) in [4.78, 5) is 34.6. The summed E-state index contributed by atoms with van der Waals surface area (Å²) >= 11 is -5.32. The normalized spacial score (nSPS) is 10.5. The third-order valence-electron chi connectivity index (χ3n) is 2.57. The Bertz CT molecular complexity index is 572. The molecule has 0 saturated heterocycles. The number of ether oxygens (including phenoxy) is 2. The Hall–Kier alpha value is -1.85. The van der Waals surface area contributed by atoms with Crippen LogP contribution in [0.2, 0.25) is 0 Å². The van der Waals surface area contributed by atoms with Gasteiger partial charge in [0, 0.05) is 0 Å². The molecule has 0 aliphatic rings. The first-order valence-corrected chi connectivity index (χ1v) is 13.3. The van der Waals surface area contributed by atoms with Crippen LogP contribution >= 0.6 is 0 Å². The van der Waals surface area contributed by atoms with Crippen LogP contribution in [0.25, 0.3) is 0 Å². The molecule has 0 spiro atoms. The predicted octanol–water partition coefficient (Wildman–Crippen LogP) is 0.539. The van der Waals surface area contributed by atoms with Gasteiger partial charge in [0.25, 0.3) is 0 Å². The van der Waals surface area contributed by atoms with Gasteiger partial charge in [-0.2, -0.15) is 0 Å². The number of carbonyl (C=O) groups excluding carboxylic acids is 3. The zero-order valence-corrected chi connectivity index (χ0v) is 17.4. The zero-order valence-electron chi connectivity index (χ0n) is 13.5. The van der Waals surface area contributed by atoms with Crippen molar-refractivity contribution in [1.82, 2.24) is 0 Å². The molecule has 0 aliphatic carbocycles. The molecule has 0 saturated carbocycles. The molecule has 0 amide bonds. The van der Waals surface area contributed by atoms with Gasteiger partial charge in [-0.25, -0.2) is 0 Å². The Morgan fingerprint density at radius 3 is 1.65 bits per heavy atom. The first kappa shape index (κ1) is 19.2. The average molecular weight is 521 g/mol. The van der Waals surface area contributed by atoms with E-state index < -0.39 is 40.4 Å². The minimum absolute atomic E-state index is 0.208.